The molecule has 66 valence electrons. The molecule has 0 saturated heterocycles. The van der Waals surface area contributed by atoms with Gasteiger partial charge in [0.15, 0.2) is 0 Å². The van der Waals surface area contributed by atoms with Crippen molar-refractivity contribution in [2.75, 3.05) is 0 Å². The van der Waals surface area contributed by atoms with E-state index in [9.17, 15) is 9.90 Å². The first-order valence-corrected chi connectivity index (χ1v) is 3.72. The van der Waals surface area contributed by atoms with E-state index in [2.05, 4.69) is 5.38 Å². The number of carboxylic acids is 2. The van der Waals surface area contributed by atoms with Crippen LogP contribution in [0.25, 0.3) is 0 Å². The van der Waals surface area contributed by atoms with Gasteiger partial charge < -0.3 is 15.0 Å². The van der Waals surface area contributed by atoms with Crippen LogP contribution in [0.5, 0.6) is 0 Å². The standard InChI is InChI=1S/C5H3O2S.C2H4O2.Hg/c6-5(7)4-2-1-3-8-4;1-2(3)4;/h1-2H,(H,6,7);1H3,(H,3,4);/q;;+1/p-1. The van der Waals surface area contributed by atoms with Gasteiger partial charge in [-0.15, -0.1) is 11.3 Å². The van der Waals surface area contributed by atoms with E-state index in [-0.39, 0.29) is 32.5 Å². The maximum absolute atomic E-state index is 9.94. The van der Waals surface area contributed by atoms with Crippen LogP contribution in [0.1, 0.15) is 16.6 Å². The molecule has 0 aliphatic rings. The van der Waals surface area contributed by atoms with Gasteiger partial charge in [0.2, 0.25) is 0 Å². The molecule has 1 aromatic rings. The first kappa shape index (κ1) is 15.1. The number of carbonyl (C=O) groups is 2. The zero-order valence-electron chi connectivity index (χ0n) is 6.94. The molecule has 0 saturated carbocycles. The van der Waals surface area contributed by atoms with E-state index in [0.29, 0.717) is 0 Å². The van der Waals surface area contributed by atoms with Gasteiger partial charge in [0.05, 0.1) is 10.8 Å². The molecule has 0 bridgehead atoms. The number of thiophene rings is 1. The monoisotopic (exact) mass is 388 g/mol. The Kier molecular flexibility index (Phi) is 9.49. The summed E-state index contributed by atoms with van der Waals surface area (Å²) in [5, 5.41) is 20.0. The predicted molar refractivity (Wildman–Crippen MR) is 40.8 cm³/mol. The molecule has 6 heteroatoms. The molecule has 0 aromatic carbocycles. The Hall–Kier alpha value is -0.425. The SMILES string of the molecule is CC(=O)O.O=C([O-])c1cc[c]s1.[Hg+]. The second kappa shape index (κ2) is 8.19. The number of carbonyl (C=O) groups excluding carboxylic acids is 1. The third-order valence-electron chi connectivity index (χ3n) is 0.673. The van der Waals surface area contributed by atoms with Crippen LogP contribution in [0, 0.1) is 5.38 Å². The zero-order chi connectivity index (χ0) is 9.56. The average molecular weight is 387 g/mol. The molecule has 0 aliphatic heterocycles. The molecule has 0 atom stereocenters. The van der Waals surface area contributed by atoms with Gasteiger partial charge >= 0.3 is 27.7 Å². The third kappa shape index (κ3) is 9.49. The summed E-state index contributed by atoms with van der Waals surface area (Å²) in [6.45, 7) is 1.08. The minimum atomic E-state index is -1.13. The van der Waals surface area contributed by atoms with Crippen molar-refractivity contribution in [3.05, 3.63) is 22.4 Å². The summed E-state index contributed by atoms with van der Waals surface area (Å²) in [6.07, 6.45) is 0. The first-order chi connectivity index (χ1) is 5.54. The molecule has 0 spiro atoms. The van der Waals surface area contributed by atoms with Crippen LogP contribution < -0.4 is 5.11 Å². The summed E-state index contributed by atoms with van der Waals surface area (Å²) in [7, 11) is 0. The summed E-state index contributed by atoms with van der Waals surface area (Å²) in [5.41, 5.74) is 0. The van der Waals surface area contributed by atoms with E-state index < -0.39 is 11.9 Å². The van der Waals surface area contributed by atoms with Crippen molar-refractivity contribution in [3.63, 3.8) is 0 Å². The van der Waals surface area contributed by atoms with Crippen molar-refractivity contribution in [3.8, 4) is 0 Å². The Morgan fingerprint density at radius 1 is 1.62 bits per heavy atom. The van der Waals surface area contributed by atoms with Gasteiger partial charge in [0.25, 0.3) is 5.97 Å². The molecule has 0 amide bonds. The van der Waals surface area contributed by atoms with Crippen LogP contribution in [0.15, 0.2) is 12.1 Å². The van der Waals surface area contributed by atoms with E-state index in [0.717, 1.165) is 18.3 Å². The van der Waals surface area contributed by atoms with Crippen molar-refractivity contribution in [1.82, 2.24) is 0 Å². The fraction of sp³-hybridized carbons (Fsp3) is 0.143. The van der Waals surface area contributed by atoms with Gasteiger partial charge in [0, 0.05) is 12.3 Å². The van der Waals surface area contributed by atoms with Crippen LogP contribution in [0.2, 0.25) is 0 Å². The van der Waals surface area contributed by atoms with Crippen molar-refractivity contribution < 1.29 is 47.5 Å². The zero-order valence-corrected chi connectivity index (χ0v) is 13.3. The maximum Gasteiger partial charge on any atom is 1.00 e. The number of hydrogen-bond acceptors (Lipinski definition) is 4. The molecule has 0 unspecified atom stereocenters. The van der Waals surface area contributed by atoms with Gasteiger partial charge in [-0.1, -0.05) is 0 Å². The molecule has 1 rings (SSSR count). The van der Waals surface area contributed by atoms with Crippen molar-refractivity contribution in [1.29, 1.82) is 0 Å². The second-order valence-corrected chi connectivity index (χ2v) is 2.60. The molecule has 0 fully saturated rings. The molecular weight excluding hydrogens is 381 g/mol. The molecule has 4 nitrogen and oxygen atoms in total. The predicted octanol–water partition coefficient (Wildman–Crippen LogP) is 0.000190. The third-order valence-corrected chi connectivity index (χ3v) is 1.45. The van der Waals surface area contributed by atoms with Gasteiger partial charge in [-0.25, -0.2) is 0 Å². The minimum Gasteiger partial charge on any atom is -0.544 e. The number of aliphatic carboxylic acids is 1. The summed E-state index contributed by atoms with van der Waals surface area (Å²) >= 11 is 1.04. The minimum absolute atomic E-state index is 0. The topological polar surface area (TPSA) is 77.4 Å². The smallest absolute Gasteiger partial charge is 0.544 e. The summed E-state index contributed by atoms with van der Waals surface area (Å²) in [5.74, 6) is -1.96. The Labute approximate surface area is 99.7 Å². The van der Waals surface area contributed by atoms with Crippen molar-refractivity contribution in [2.24, 2.45) is 0 Å². The molecule has 13 heavy (non-hydrogen) atoms. The number of hydrogen-bond donors (Lipinski definition) is 1. The molecule has 1 aromatic heterocycles. The number of rotatable bonds is 1. The van der Waals surface area contributed by atoms with Crippen molar-refractivity contribution in [2.45, 2.75) is 6.92 Å². The summed E-state index contributed by atoms with van der Waals surface area (Å²) < 4.78 is 0. The van der Waals surface area contributed by atoms with E-state index in [1.165, 1.54) is 6.07 Å². The average Bonchev–Trinajstić information content (AvgIpc) is 2.34. The fourth-order valence-corrected chi connectivity index (χ4v) is 0.833. The van der Waals surface area contributed by atoms with Gasteiger partial charge in [0.1, 0.15) is 0 Å². The van der Waals surface area contributed by atoms with Crippen LogP contribution >= 0.6 is 11.3 Å². The van der Waals surface area contributed by atoms with E-state index >= 15 is 0 Å². The first-order valence-electron chi connectivity index (χ1n) is 2.90. The second-order valence-electron chi connectivity index (χ2n) is 1.72. The fourth-order valence-electron chi connectivity index (χ4n) is 0.351. The van der Waals surface area contributed by atoms with E-state index in [1.807, 2.05) is 0 Å². The summed E-state index contributed by atoms with van der Waals surface area (Å²) in [6, 6.07) is 3.01. The molecule has 2 radical (unpaired) electrons. The van der Waals surface area contributed by atoms with Crippen LogP contribution in [0.4, 0.5) is 0 Å². The molecular formula is C7H6HgO4S. The molecule has 1 heterocycles. The van der Waals surface area contributed by atoms with Gasteiger partial charge in [-0.2, -0.15) is 0 Å². The molecule has 0 aliphatic carbocycles. The Morgan fingerprint density at radius 2 is 2.08 bits per heavy atom. The Morgan fingerprint density at radius 3 is 2.23 bits per heavy atom. The van der Waals surface area contributed by atoms with Crippen LogP contribution in [-0.4, -0.2) is 17.0 Å². The van der Waals surface area contributed by atoms with E-state index in [4.69, 9.17) is 9.90 Å². The van der Waals surface area contributed by atoms with Gasteiger partial charge in [-0.3, -0.25) is 4.79 Å². The number of aromatic carboxylic acids is 1. The summed E-state index contributed by atoms with van der Waals surface area (Å²) in [4.78, 5) is 19.2. The Balaban J connectivity index is 0. The molecule has 1 N–H and O–H groups in total. The largest absolute Gasteiger partial charge is 1.00 e. The van der Waals surface area contributed by atoms with E-state index in [1.54, 1.807) is 6.07 Å². The quantitative estimate of drug-likeness (QED) is 0.689. The van der Waals surface area contributed by atoms with Crippen LogP contribution in [0.3, 0.4) is 0 Å². The number of carboxylic acid groups (broad SMARTS) is 2. The maximum atomic E-state index is 9.94. The Bertz CT molecular complexity index is 253. The van der Waals surface area contributed by atoms with Crippen LogP contribution in [-0.2, 0) is 32.5 Å². The van der Waals surface area contributed by atoms with Crippen molar-refractivity contribution >= 4 is 23.3 Å². The van der Waals surface area contributed by atoms with Gasteiger partial charge in [-0.05, 0) is 12.1 Å². The normalized spacial score (nSPS) is 7.46.